The van der Waals surface area contributed by atoms with Crippen molar-refractivity contribution in [3.8, 4) is 5.75 Å². The van der Waals surface area contributed by atoms with Gasteiger partial charge in [0.15, 0.2) is 0 Å². The summed E-state index contributed by atoms with van der Waals surface area (Å²) in [5.74, 6) is 1.70. The Balaban J connectivity index is 1.83. The molecule has 0 bridgehead atoms. The zero-order valence-electron chi connectivity index (χ0n) is 20.8. The SMILES string of the molecule is C=NC=N/C(Oc1cccc(NC(NC(=O)C=C(N)C(C)F)=C2CCC2)c1)=C1/C=C(OC)C(C)=CC1. The molecule has 36 heavy (non-hydrogen) atoms. The van der Waals surface area contributed by atoms with Crippen molar-refractivity contribution in [2.45, 2.75) is 45.7 Å². The number of amides is 1. The largest absolute Gasteiger partial charge is 0.496 e. The van der Waals surface area contributed by atoms with Crippen LogP contribution in [0.1, 0.15) is 39.5 Å². The number of benzene rings is 1. The molecule has 0 radical (unpaired) electrons. The molecule has 1 unspecified atom stereocenters. The van der Waals surface area contributed by atoms with Gasteiger partial charge in [0.05, 0.1) is 7.11 Å². The van der Waals surface area contributed by atoms with Gasteiger partial charge < -0.3 is 25.8 Å². The summed E-state index contributed by atoms with van der Waals surface area (Å²) in [6.45, 7) is 6.70. The Morgan fingerprint density at radius 1 is 1.33 bits per heavy atom. The summed E-state index contributed by atoms with van der Waals surface area (Å²) < 4.78 is 24.9. The Labute approximate surface area is 210 Å². The van der Waals surface area contributed by atoms with E-state index in [4.69, 9.17) is 15.2 Å². The minimum absolute atomic E-state index is 0.130. The number of aliphatic imine (C=N–C) groups is 2. The van der Waals surface area contributed by atoms with E-state index in [0.29, 0.717) is 29.6 Å². The fourth-order valence-corrected chi connectivity index (χ4v) is 3.46. The lowest BCUT2D eigenvalue weighted by Gasteiger charge is -2.23. The predicted molar refractivity (Wildman–Crippen MR) is 141 cm³/mol. The zero-order chi connectivity index (χ0) is 26.1. The zero-order valence-corrected chi connectivity index (χ0v) is 20.8. The molecule has 3 rings (SSSR count). The van der Waals surface area contributed by atoms with Crippen molar-refractivity contribution in [3.63, 3.8) is 0 Å². The number of carbonyl (C=O) groups excluding carboxylic acids is 1. The Morgan fingerprint density at radius 2 is 2.11 bits per heavy atom. The average Bonchev–Trinajstić information content (AvgIpc) is 2.81. The first-order valence-electron chi connectivity index (χ1n) is 11.6. The normalized spacial score (nSPS) is 17.9. The molecule has 190 valence electrons. The third-order valence-corrected chi connectivity index (χ3v) is 5.71. The maximum absolute atomic E-state index is 13.3. The molecule has 1 fully saturated rings. The first kappa shape index (κ1) is 26.5. The molecule has 2 aliphatic rings. The molecule has 1 amide bonds. The number of nitrogens with two attached hydrogens (primary N) is 1. The molecule has 1 saturated carbocycles. The van der Waals surface area contributed by atoms with Gasteiger partial charge >= 0.3 is 0 Å². The minimum Gasteiger partial charge on any atom is -0.496 e. The summed E-state index contributed by atoms with van der Waals surface area (Å²) in [4.78, 5) is 20.4. The van der Waals surface area contributed by atoms with Crippen LogP contribution in [-0.2, 0) is 9.53 Å². The van der Waals surface area contributed by atoms with Crippen LogP contribution < -0.4 is 21.1 Å². The van der Waals surface area contributed by atoms with E-state index in [1.165, 1.54) is 13.3 Å². The fourth-order valence-electron chi connectivity index (χ4n) is 3.46. The van der Waals surface area contributed by atoms with Crippen molar-refractivity contribution < 1.29 is 18.7 Å². The van der Waals surface area contributed by atoms with Crippen molar-refractivity contribution in [1.82, 2.24) is 5.32 Å². The number of anilines is 1. The topological polar surface area (TPSA) is 110 Å². The van der Waals surface area contributed by atoms with Crippen LogP contribution in [0.25, 0.3) is 0 Å². The highest BCUT2D eigenvalue weighted by Crippen LogP contribution is 2.30. The first-order chi connectivity index (χ1) is 17.3. The van der Waals surface area contributed by atoms with Crippen LogP contribution in [-0.4, -0.2) is 32.2 Å². The van der Waals surface area contributed by atoms with E-state index in [1.54, 1.807) is 19.2 Å². The molecule has 0 spiro atoms. The van der Waals surface area contributed by atoms with Crippen LogP contribution in [0.3, 0.4) is 0 Å². The quantitative estimate of drug-likeness (QED) is 0.184. The number of allylic oxidation sites excluding steroid dienone is 6. The maximum atomic E-state index is 13.3. The van der Waals surface area contributed by atoms with Crippen molar-refractivity contribution in [2.75, 3.05) is 12.4 Å². The van der Waals surface area contributed by atoms with E-state index in [9.17, 15) is 9.18 Å². The van der Waals surface area contributed by atoms with Gasteiger partial charge in [0, 0.05) is 29.1 Å². The molecular formula is C27H32FN5O3. The van der Waals surface area contributed by atoms with Gasteiger partial charge in [-0.3, -0.25) is 9.79 Å². The number of ether oxygens (including phenoxy) is 2. The van der Waals surface area contributed by atoms with E-state index in [0.717, 1.165) is 47.8 Å². The van der Waals surface area contributed by atoms with Gasteiger partial charge in [-0.25, -0.2) is 9.38 Å². The Morgan fingerprint density at radius 3 is 2.75 bits per heavy atom. The van der Waals surface area contributed by atoms with Crippen LogP contribution in [0.2, 0.25) is 0 Å². The van der Waals surface area contributed by atoms with Crippen molar-refractivity contribution >= 4 is 24.7 Å². The Hall–Kier alpha value is -4.14. The number of rotatable bonds is 10. The number of nitrogens with one attached hydrogen (secondary N) is 2. The van der Waals surface area contributed by atoms with Gasteiger partial charge in [0.25, 0.3) is 5.91 Å². The maximum Gasteiger partial charge on any atom is 0.251 e. The third kappa shape index (κ3) is 7.18. The molecule has 4 N–H and O–H groups in total. The second-order valence-corrected chi connectivity index (χ2v) is 8.40. The standard InChI is InChI=1S/C27H32FN5O3/c1-17-11-12-20(13-24(17)35-4)27(31-16-30-3)36-22-10-6-9-21(14-22)32-26(19-7-5-8-19)33-25(34)15-23(29)18(2)28/h6,9-11,13-16,18,32H,3,5,7-8,12,29H2,1-2,4H3,(H,33,34)/b23-15?,27-20-,31-16?. The number of halogens is 1. The predicted octanol–water partition coefficient (Wildman–Crippen LogP) is 5.01. The summed E-state index contributed by atoms with van der Waals surface area (Å²) in [6, 6.07) is 7.27. The van der Waals surface area contributed by atoms with Crippen molar-refractivity contribution in [1.29, 1.82) is 0 Å². The van der Waals surface area contributed by atoms with Gasteiger partial charge in [-0.05, 0) is 75.6 Å². The Bertz CT molecular complexity index is 1190. The molecule has 2 aliphatic carbocycles. The molecule has 0 aliphatic heterocycles. The molecule has 0 heterocycles. The van der Waals surface area contributed by atoms with Gasteiger partial charge in [0.1, 0.15) is 29.8 Å². The van der Waals surface area contributed by atoms with Crippen LogP contribution in [0.4, 0.5) is 10.1 Å². The molecule has 8 nitrogen and oxygen atoms in total. The minimum atomic E-state index is -1.40. The van der Waals surface area contributed by atoms with Crippen molar-refractivity contribution in [3.05, 3.63) is 82.4 Å². The number of alkyl halides is 1. The van der Waals surface area contributed by atoms with Gasteiger partial charge in [-0.2, -0.15) is 0 Å². The number of methoxy groups -OCH3 is 1. The first-order valence-corrected chi connectivity index (χ1v) is 11.6. The Kier molecular flexibility index (Phi) is 9.21. The summed E-state index contributed by atoms with van der Waals surface area (Å²) in [7, 11) is 1.62. The van der Waals surface area contributed by atoms with E-state index in [-0.39, 0.29) is 5.70 Å². The second kappa shape index (κ2) is 12.5. The second-order valence-electron chi connectivity index (χ2n) is 8.40. The summed E-state index contributed by atoms with van der Waals surface area (Å²) >= 11 is 0. The lowest BCUT2D eigenvalue weighted by Crippen LogP contribution is -2.29. The van der Waals surface area contributed by atoms with Crippen molar-refractivity contribution in [2.24, 2.45) is 15.7 Å². The molecule has 9 heteroatoms. The van der Waals surface area contributed by atoms with Gasteiger partial charge in [-0.1, -0.05) is 12.1 Å². The van der Waals surface area contributed by atoms with Gasteiger partial charge in [0.2, 0.25) is 5.88 Å². The third-order valence-electron chi connectivity index (χ3n) is 5.71. The molecular weight excluding hydrogens is 461 g/mol. The molecule has 0 saturated heterocycles. The molecule has 1 aromatic rings. The lowest BCUT2D eigenvalue weighted by atomic mass is 9.92. The summed E-state index contributed by atoms with van der Waals surface area (Å²) in [5.41, 5.74) is 9.08. The van der Waals surface area contributed by atoms with Crippen LogP contribution in [0, 0.1) is 0 Å². The molecule has 0 aromatic heterocycles. The number of hydrogen-bond acceptors (Lipinski definition) is 6. The highest BCUT2D eigenvalue weighted by Gasteiger charge is 2.18. The van der Waals surface area contributed by atoms with E-state index in [2.05, 4.69) is 27.3 Å². The highest BCUT2D eigenvalue weighted by atomic mass is 19.1. The van der Waals surface area contributed by atoms with Crippen LogP contribution in [0.15, 0.2) is 92.4 Å². The van der Waals surface area contributed by atoms with E-state index in [1.807, 2.05) is 31.2 Å². The van der Waals surface area contributed by atoms with E-state index < -0.39 is 12.1 Å². The lowest BCUT2D eigenvalue weighted by molar-refractivity contribution is -0.115. The number of nitrogens with zero attached hydrogens (tertiary/aromatic N) is 2. The molecule has 1 atom stereocenters. The van der Waals surface area contributed by atoms with Gasteiger partial charge in [-0.15, -0.1) is 0 Å². The van der Waals surface area contributed by atoms with Crippen LogP contribution >= 0.6 is 0 Å². The number of carbonyl (C=O) groups is 1. The highest BCUT2D eigenvalue weighted by molar-refractivity contribution is 5.90. The van der Waals surface area contributed by atoms with E-state index >= 15 is 0 Å². The summed E-state index contributed by atoms with van der Waals surface area (Å²) in [6.07, 6.45) is 8.29. The average molecular weight is 494 g/mol. The smallest absolute Gasteiger partial charge is 0.251 e. The number of hydrogen-bond donors (Lipinski definition) is 3. The summed E-state index contributed by atoms with van der Waals surface area (Å²) in [5, 5.41) is 6.05. The monoisotopic (exact) mass is 493 g/mol. The molecule has 1 aromatic carbocycles. The van der Waals surface area contributed by atoms with Crippen LogP contribution in [0.5, 0.6) is 5.75 Å². The fraction of sp³-hybridized carbons (Fsp3) is 0.296.